The van der Waals surface area contributed by atoms with Gasteiger partial charge in [0.2, 0.25) is 5.91 Å². The number of carbonyl (C=O) groups excluding carboxylic acids is 1. The van der Waals surface area contributed by atoms with Gasteiger partial charge >= 0.3 is 0 Å². The molecule has 9 heteroatoms. The molecule has 9 nitrogen and oxygen atoms in total. The smallest absolute Gasteiger partial charge is 0.217 e. The fourth-order valence-electron chi connectivity index (χ4n) is 1.64. The Morgan fingerprint density at radius 2 is 2.18 bits per heavy atom. The fraction of sp³-hybridized carbons (Fsp3) is 0.875. The van der Waals surface area contributed by atoms with Gasteiger partial charge in [-0.1, -0.05) is 5.11 Å². The Labute approximate surface area is 96.6 Å². The third kappa shape index (κ3) is 3.05. The molecule has 1 saturated heterocycles. The molecular formula is C8H14N4O5. The number of aliphatic hydroxyl groups is 3. The highest BCUT2D eigenvalue weighted by Crippen LogP contribution is 2.22. The Hall–Kier alpha value is -1.38. The van der Waals surface area contributed by atoms with Crippen LogP contribution in [-0.4, -0.2) is 58.4 Å². The molecule has 96 valence electrons. The Bertz CT molecular complexity index is 332. The molecule has 0 aromatic carbocycles. The lowest BCUT2D eigenvalue weighted by atomic mass is 9.96. The second-order valence-corrected chi connectivity index (χ2v) is 3.66. The summed E-state index contributed by atoms with van der Waals surface area (Å²) in [4.78, 5) is 13.4. The number of azide groups is 1. The van der Waals surface area contributed by atoms with Crippen molar-refractivity contribution in [2.45, 2.75) is 37.5 Å². The number of amides is 1. The van der Waals surface area contributed by atoms with Crippen LogP contribution in [0.3, 0.4) is 0 Å². The predicted octanol–water partition coefficient (Wildman–Crippen LogP) is -1.76. The molecule has 0 radical (unpaired) electrons. The first-order valence-corrected chi connectivity index (χ1v) is 4.95. The van der Waals surface area contributed by atoms with E-state index in [1.165, 1.54) is 6.92 Å². The molecule has 0 spiro atoms. The summed E-state index contributed by atoms with van der Waals surface area (Å²) in [5.74, 6) is -0.467. The van der Waals surface area contributed by atoms with Crippen molar-refractivity contribution in [1.82, 2.24) is 5.32 Å². The summed E-state index contributed by atoms with van der Waals surface area (Å²) < 4.78 is 5.08. The van der Waals surface area contributed by atoms with E-state index < -0.39 is 43.1 Å². The van der Waals surface area contributed by atoms with Gasteiger partial charge in [-0.05, 0) is 5.53 Å². The minimum absolute atomic E-state index is 0.467. The lowest BCUT2D eigenvalue weighted by molar-refractivity contribution is -0.193. The van der Waals surface area contributed by atoms with E-state index in [2.05, 4.69) is 15.3 Å². The van der Waals surface area contributed by atoms with Crippen molar-refractivity contribution < 1.29 is 24.9 Å². The summed E-state index contributed by atoms with van der Waals surface area (Å²) in [5.41, 5.74) is 8.34. The number of carbonyl (C=O) groups is 1. The molecule has 17 heavy (non-hydrogen) atoms. The van der Waals surface area contributed by atoms with Crippen LogP contribution in [-0.2, 0) is 9.53 Å². The third-order valence-corrected chi connectivity index (χ3v) is 2.44. The number of nitrogens with zero attached hydrogens (tertiary/aromatic N) is 3. The highest BCUT2D eigenvalue weighted by molar-refractivity contribution is 5.73. The highest BCUT2D eigenvalue weighted by atomic mass is 16.5. The van der Waals surface area contributed by atoms with Crippen molar-refractivity contribution in [2.75, 3.05) is 6.61 Å². The Kier molecular flexibility index (Phi) is 4.67. The van der Waals surface area contributed by atoms with Crippen molar-refractivity contribution in [3.63, 3.8) is 0 Å². The summed E-state index contributed by atoms with van der Waals surface area (Å²) in [5, 5.41) is 33.8. The Morgan fingerprint density at radius 3 is 2.65 bits per heavy atom. The normalized spacial score (nSPS) is 37.1. The summed E-state index contributed by atoms with van der Waals surface area (Å²) in [6.07, 6.45) is -5.01. The van der Waals surface area contributed by atoms with Crippen LogP contribution in [0.15, 0.2) is 5.11 Å². The maximum absolute atomic E-state index is 10.9. The van der Waals surface area contributed by atoms with E-state index in [0.717, 1.165) is 0 Å². The molecule has 1 rings (SSSR count). The predicted molar refractivity (Wildman–Crippen MR) is 54.5 cm³/mol. The Balaban J connectivity index is 2.90. The van der Waals surface area contributed by atoms with Gasteiger partial charge in [0, 0.05) is 11.8 Å². The average Bonchev–Trinajstić information content (AvgIpc) is 2.28. The van der Waals surface area contributed by atoms with E-state index in [1.807, 2.05) is 0 Å². The number of hydrogen-bond donors (Lipinski definition) is 4. The van der Waals surface area contributed by atoms with Crippen LogP contribution in [0.25, 0.3) is 10.4 Å². The molecule has 5 atom stereocenters. The molecule has 0 aromatic heterocycles. The zero-order chi connectivity index (χ0) is 13.0. The van der Waals surface area contributed by atoms with Gasteiger partial charge in [-0.2, -0.15) is 0 Å². The SMILES string of the molecule is CC(=O)N[C@H]1[C@@H](O)[C@@H](O)[C@@H](CO)O[C@H]1N=[N+]=[N-]. The van der Waals surface area contributed by atoms with Gasteiger partial charge in [-0.3, -0.25) is 4.79 Å². The van der Waals surface area contributed by atoms with Crippen molar-refractivity contribution in [1.29, 1.82) is 0 Å². The van der Waals surface area contributed by atoms with E-state index in [9.17, 15) is 15.0 Å². The van der Waals surface area contributed by atoms with Gasteiger partial charge in [-0.25, -0.2) is 0 Å². The summed E-state index contributed by atoms with van der Waals surface area (Å²) in [7, 11) is 0. The topological polar surface area (TPSA) is 148 Å². The molecule has 0 saturated carbocycles. The largest absolute Gasteiger partial charge is 0.394 e. The second-order valence-electron chi connectivity index (χ2n) is 3.66. The number of nitrogens with one attached hydrogen (secondary N) is 1. The van der Waals surface area contributed by atoms with Gasteiger partial charge in [0.25, 0.3) is 0 Å². The molecule has 4 N–H and O–H groups in total. The quantitative estimate of drug-likeness (QED) is 0.264. The number of rotatable bonds is 3. The number of hydrogen-bond acceptors (Lipinski definition) is 6. The average molecular weight is 246 g/mol. The summed E-state index contributed by atoms with van der Waals surface area (Å²) in [6, 6.07) is -1.05. The minimum Gasteiger partial charge on any atom is -0.394 e. The first kappa shape index (κ1) is 13.7. The maximum atomic E-state index is 10.9. The molecule has 0 aliphatic carbocycles. The van der Waals surface area contributed by atoms with Gasteiger partial charge in [0.05, 0.1) is 12.6 Å². The van der Waals surface area contributed by atoms with Crippen LogP contribution < -0.4 is 5.32 Å². The standard InChI is InChI=1S/C8H14N4O5/c1-3(14)10-5-7(16)6(15)4(2-13)17-8(5)11-12-9/h4-8,13,15-16H,2H2,1H3,(H,10,14)/t4-,5+,6+,7-,8-/m1/s1. The molecule has 1 aliphatic rings. The van der Waals surface area contributed by atoms with Crippen LogP contribution in [0.5, 0.6) is 0 Å². The molecular weight excluding hydrogens is 232 g/mol. The highest BCUT2D eigenvalue weighted by Gasteiger charge is 2.44. The molecule has 0 aromatic rings. The van der Waals surface area contributed by atoms with Gasteiger partial charge < -0.3 is 25.4 Å². The molecule has 1 amide bonds. The second kappa shape index (κ2) is 5.80. The first-order valence-electron chi connectivity index (χ1n) is 4.95. The number of aliphatic hydroxyl groups excluding tert-OH is 3. The van der Waals surface area contributed by atoms with Crippen LogP contribution in [0, 0.1) is 0 Å². The summed E-state index contributed by atoms with van der Waals surface area (Å²) in [6.45, 7) is 0.673. The van der Waals surface area contributed by atoms with Gasteiger partial charge in [-0.15, -0.1) is 0 Å². The maximum Gasteiger partial charge on any atom is 0.217 e. The first-order chi connectivity index (χ1) is 8.01. The van der Waals surface area contributed by atoms with Crippen LogP contribution in [0.1, 0.15) is 6.92 Å². The van der Waals surface area contributed by atoms with E-state index in [1.54, 1.807) is 0 Å². The van der Waals surface area contributed by atoms with E-state index in [0.29, 0.717) is 0 Å². The molecule has 1 fully saturated rings. The lowest BCUT2D eigenvalue weighted by Crippen LogP contribution is -2.63. The number of ether oxygens (including phenoxy) is 1. The fourth-order valence-corrected chi connectivity index (χ4v) is 1.64. The minimum atomic E-state index is -1.39. The molecule has 1 heterocycles. The molecule has 0 bridgehead atoms. The van der Waals surface area contributed by atoms with Gasteiger partial charge in [0.1, 0.15) is 18.3 Å². The zero-order valence-corrected chi connectivity index (χ0v) is 9.09. The van der Waals surface area contributed by atoms with E-state index in [4.69, 9.17) is 15.4 Å². The third-order valence-electron chi connectivity index (χ3n) is 2.44. The van der Waals surface area contributed by atoms with Crippen molar-refractivity contribution in [3.8, 4) is 0 Å². The van der Waals surface area contributed by atoms with E-state index in [-0.39, 0.29) is 0 Å². The van der Waals surface area contributed by atoms with Crippen molar-refractivity contribution in [3.05, 3.63) is 10.4 Å². The van der Waals surface area contributed by atoms with E-state index >= 15 is 0 Å². The lowest BCUT2D eigenvalue weighted by Gasteiger charge is -2.40. The van der Waals surface area contributed by atoms with Crippen LogP contribution in [0.2, 0.25) is 0 Å². The van der Waals surface area contributed by atoms with Crippen molar-refractivity contribution >= 4 is 5.91 Å². The Morgan fingerprint density at radius 1 is 1.53 bits per heavy atom. The summed E-state index contributed by atoms with van der Waals surface area (Å²) >= 11 is 0. The van der Waals surface area contributed by atoms with Crippen molar-refractivity contribution in [2.24, 2.45) is 5.11 Å². The molecule has 0 unspecified atom stereocenters. The monoisotopic (exact) mass is 246 g/mol. The van der Waals surface area contributed by atoms with Crippen LogP contribution >= 0.6 is 0 Å². The molecule has 1 aliphatic heterocycles. The zero-order valence-electron chi connectivity index (χ0n) is 9.09. The van der Waals surface area contributed by atoms with Crippen LogP contribution in [0.4, 0.5) is 0 Å². The van der Waals surface area contributed by atoms with Gasteiger partial charge in [0.15, 0.2) is 6.23 Å².